The highest BCUT2D eigenvalue weighted by Gasteiger charge is 2.18. The molecule has 1 amide bonds. The number of carbonyl (C=O) groups is 1. The van der Waals surface area contributed by atoms with Crippen molar-refractivity contribution in [2.24, 2.45) is 0 Å². The molecule has 0 unspecified atom stereocenters. The van der Waals surface area contributed by atoms with E-state index in [1.165, 1.54) is 11.3 Å². The second-order valence-corrected chi connectivity index (χ2v) is 5.87. The summed E-state index contributed by atoms with van der Waals surface area (Å²) in [6.45, 7) is 3.84. The molecule has 5 heteroatoms. The Labute approximate surface area is 126 Å². The van der Waals surface area contributed by atoms with Crippen LogP contribution in [-0.4, -0.2) is 10.9 Å². The van der Waals surface area contributed by atoms with Crippen molar-refractivity contribution in [1.29, 1.82) is 0 Å². The van der Waals surface area contributed by atoms with Crippen molar-refractivity contribution in [3.05, 3.63) is 58.8 Å². The highest BCUT2D eigenvalue weighted by Crippen LogP contribution is 2.28. The third-order valence-corrected chi connectivity index (χ3v) is 4.12. The van der Waals surface area contributed by atoms with Crippen LogP contribution in [0.1, 0.15) is 20.9 Å². The Morgan fingerprint density at radius 3 is 2.71 bits per heavy atom. The number of aromatic nitrogens is 1. The third-order valence-electron chi connectivity index (χ3n) is 3.14. The number of rotatable bonds is 3. The molecule has 1 N–H and O–H groups in total. The van der Waals surface area contributed by atoms with Crippen molar-refractivity contribution in [3.8, 4) is 10.8 Å². The number of anilines is 1. The summed E-state index contributed by atoms with van der Waals surface area (Å²) in [6, 6.07) is 11.3. The fourth-order valence-electron chi connectivity index (χ4n) is 2.01. The molecule has 3 rings (SSSR count). The molecular formula is C16H14N2O2S. The van der Waals surface area contributed by atoms with Gasteiger partial charge in [-0.15, -0.1) is 11.3 Å². The first kappa shape index (κ1) is 13.6. The molecule has 2 heterocycles. The van der Waals surface area contributed by atoms with Crippen LogP contribution in [0.3, 0.4) is 0 Å². The average Bonchev–Trinajstić information content (AvgIpc) is 3.10. The summed E-state index contributed by atoms with van der Waals surface area (Å²) in [6.07, 6.45) is 1.60. The number of amides is 1. The van der Waals surface area contributed by atoms with Crippen LogP contribution in [0.5, 0.6) is 0 Å². The van der Waals surface area contributed by atoms with E-state index in [4.69, 9.17) is 4.42 Å². The van der Waals surface area contributed by atoms with Gasteiger partial charge in [0.1, 0.15) is 5.69 Å². The largest absolute Gasteiger partial charge is 0.462 e. The lowest BCUT2D eigenvalue weighted by atomic mass is 10.2. The number of hydrogen-bond donors (Lipinski definition) is 1. The second-order valence-electron chi connectivity index (χ2n) is 4.67. The Bertz CT molecular complexity index is 775. The topological polar surface area (TPSA) is 55.1 Å². The predicted octanol–water partition coefficient (Wildman–Crippen LogP) is 4.27. The Morgan fingerprint density at radius 1 is 1.19 bits per heavy atom. The van der Waals surface area contributed by atoms with Gasteiger partial charge in [0.25, 0.3) is 5.91 Å². The van der Waals surface area contributed by atoms with Crippen molar-refractivity contribution in [3.63, 3.8) is 0 Å². The van der Waals surface area contributed by atoms with E-state index < -0.39 is 0 Å². The number of nitrogens with zero attached hydrogens (tertiary/aromatic N) is 1. The van der Waals surface area contributed by atoms with Crippen LogP contribution in [0.2, 0.25) is 0 Å². The van der Waals surface area contributed by atoms with Gasteiger partial charge in [-0.25, -0.2) is 4.98 Å². The molecule has 0 spiro atoms. The molecule has 0 fully saturated rings. The zero-order chi connectivity index (χ0) is 14.8. The molecule has 4 nitrogen and oxygen atoms in total. The molecule has 0 atom stereocenters. The van der Waals surface area contributed by atoms with E-state index in [0.29, 0.717) is 16.5 Å². The van der Waals surface area contributed by atoms with Gasteiger partial charge < -0.3 is 9.73 Å². The highest BCUT2D eigenvalue weighted by molar-refractivity contribution is 7.15. The molecule has 0 aliphatic carbocycles. The molecule has 0 radical (unpaired) electrons. The van der Waals surface area contributed by atoms with Crippen LogP contribution >= 0.6 is 11.3 Å². The van der Waals surface area contributed by atoms with Crippen molar-refractivity contribution >= 4 is 22.9 Å². The van der Waals surface area contributed by atoms with Crippen molar-refractivity contribution in [2.45, 2.75) is 13.8 Å². The van der Waals surface area contributed by atoms with E-state index in [1.807, 2.05) is 44.2 Å². The number of thiazole rings is 1. The van der Waals surface area contributed by atoms with Gasteiger partial charge in [0, 0.05) is 10.6 Å². The summed E-state index contributed by atoms with van der Waals surface area (Å²) in [5, 5.41) is 3.62. The summed E-state index contributed by atoms with van der Waals surface area (Å²) in [4.78, 5) is 17.6. The number of carbonyl (C=O) groups excluding carboxylic acids is 1. The molecule has 21 heavy (non-hydrogen) atoms. The summed E-state index contributed by atoms with van der Waals surface area (Å²) in [7, 11) is 0. The van der Waals surface area contributed by atoms with Crippen LogP contribution in [0, 0.1) is 13.8 Å². The van der Waals surface area contributed by atoms with E-state index in [1.54, 1.807) is 12.3 Å². The Balaban J connectivity index is 1.87. The fourth-order valence-corrected chi connectivity index (χ4v) is 2.89. The van der Waals surface area contributed by atoms with Crippen LogP contribution in [-0.2, 0) is 0 Å². The molecule has 0 aliphatic rings. The van der Waals surface area contributed by atoms with Gasteiger partial charge in [0.05, 0.1) is 6.26 Å². The highest BCUT2D eigenvalue weighted by atomic mass is 32.1. The van der Waals surface area contributed by atoms with Crippen LogP contribution in [0.4, 0.5) is 5.69 Å². The number of para-hydroxylation sites is 1. The minimum atomic E-state index is -0.198. The number of benzene rings is 1. The minimum absolute atomic E-state index is 0.198. The minimum Gasteiger partial charge on any atom is -0.462 e. The maximum absolute atomic E-state index is 12.4. The lowest BCUT2D eigenvalue weighted by Gasteiger charge is -2.06. The Hall–Kier alpha value is -2.40. The van der Waals surface area contributed by atoms with E-state index in [2.05, 4.69) is 10.3 Å². The number of hydrogen-bond acceptors (Lipinski definition) is 4. The first-order valence-electron chi connectivity index (χ1n) is 6.53. The molecular weight excluding hydrogens is 284 g/mol. The zero-order valence-electron chi connectivity index (χ0n) is 11.7. The predicted molar refractivity (Wildman–Crippen MR) is 83.7 cm³/mol. The van der Waals surface area contributed by atoms with Gasteiger partial charge in [0.2, 0.25) is 0 Å². The molecule has 2 aromatic heterocycles. The zero-order valence-corrected chi connectivity index (χ0v) is 12.5. The van der Waals surface area contributed by atoms with Crippen molar-refractivity contribution in [1.82, 2.24) is 4.98 Å². The van der Waals surface area contributed by atoms with Gasteiger partial charge in [-0.3, -0.25) is 4.79 Å². The van der Waals surface area contributed by atoms with Gasteiger partial charge >= 0.3 is 0 Å². The van der Waals surface area contributed by atoms with E-state index in [9.17, 15) is 4.79 Å². The van der Waals surface area contributed by atoms with E-state index >= 15 is 0 Å². The summed E-state index contributed by atoms with van der Waals surface area (Å²) in [5.74, 6) is 0.480. The number of furan rings is 1. The first-order chi connectivity index (χ1) is 10.1. The fraction of sp³-hybridized carbons (Fsp3) is 0.125. The van der Waals surface area contributed by atoms with Gasteiger partial charge in [-0.2, -0.15) is 0 Å². The lowest BCUT2D eigenvalue weighted by molar-refractivity contribution is 0.102. The van der Waals surface area contributed by atoms with E-state index in [0.717, 1.165) is 16.1 Å². The monoisotopic (exact) mass is 298 g/mol. The molecule has 106 valence electrons. The van der Waals surface area contributed by atoms with Gasteiger partial charge in [-0.1, -0.05) is 18.2 Å². The first-order valence-corrected chi connectivity index (χ1v) is 7.35. The lowest BCUT2D eigenvalue weighted by Crippen LogP contribution is -2.14. The number of aryl methyl sites for hydroxylation is 2. The van der Waals surface area contributed by atoms with E-state index in [-0.39, 0.29) is 5.91 Å². The summed E-state index contributed by atoms with van der Waals surface area (Å²) >= 11 is 1.45. The maximum atomic E-state index is 12.4. The standard InChI is InChI=1S/C16H14N2O2S/c1-10-6-3-4-7-12(10)17-15(19)14-11(2)21-16(18-14)13-8-5-9-20-13/h3-9H,1-2H3,(H,17,19). The Kier molecular flexibility index (Phi) is 3.58. The molecule has 3 aromatic rings. The molecule has 0 bridgehead atoms. The van der Waals surface area contributed by atoms with Crippen molar-refractivity contribution in [2.75, 3.05) is 5.32 Å². The third kappa shape index (κ3) is 2.73. The quantitative estimate of drug-likeness (QED) is 0.785. The van der Waals surface area contributed by atoms with Crippen LogP contribution in [0.15, 0.2) is 47.1 Å². The van der Waals surface area contributed by atoms with Gasteiger partial charge in [0.15, 0.2) is 10.8 Å². The average molecular weight is 298 g/mol. The summed E-state index contributed by atoms with van der Waals surface area (Å²) in [5.41, 5.74) is 2.26. The molecule has 0 saturated carbocycles. The molecule has 0 aliphatic heterocycles. The maximum Gasteiger partial charge on any atom is 0.275 e. The van der Waals surface area contributed by atoms with Gasteiger partial charge in [-0.05, 0) is 37.6 Å². The van der Waals surface area contributed by atoms with Crippen LogP contribution < -0.4 is 5.32 Å². The smallest absolute Gasteiger partial charge is 0.275 e. The normalized spacial score (nSPS) is 10.6. The second kappa shape index (κ2) is 5.54. The summed E-state index contributed by atoms with van der Waals surface area (Å²) < 4.78 is 5.32. The van der Waals surface area contributed by atoms with Crippen molar-refractivity contribution < 1.29 is 9.21 Å². The molecule has 1 aromatic carbocycles. The number of nitrogens with one attached hydrogen (secondary N) is 1. The SMILES string of the molecule is Cc1ccccc1NC(=O)c1nc(-c2ccco2)sc1C. The Morgan fingerprint density at radius 2 is 2.00 bits per heavy atom. The molecule has 0 saturated heterocycles. The van der Waals surface area contributed by atoms with Crippen LogP contribution in [0.25, 0.3) is 10.8 Å².